The first kappa shape index (κ1) is 14.6. The van der Waals surface area contributed by atoms with E-state index in [1.807, 2.05) is 6.07 Å². The number of fused-ring (bicyclic) bond motifs is 1. The highest BCUT2D eigenvalue weighted by atomic mass is 32.2. The molecule has 1 aromatic carbocycles. The molecule has 0 saturated heterocycles. The van der Waals surface area contributed by atoms with Crippen molar-refractivity contribution in [1.82, 2.24) is 15.5 Å². The second kappa shape index (κ2) is 5.91. The maximum Gasteiger partial charge on any atom is 0.0753 e. The number of aromatic nitrogens is 2. The van der Waals surface area contributed by atoms with Crippen LogP contribution in [0.25, 0.3) is 16.3 Å². The molecule has 0 spiro atoms. The molecule has 3 heterocycles. The number of hydrogen-bond donors (Lipinski definition) is 3. The Hall–Kier alpha value is -1.98. The minimum Gasteiger partial charge on any atom is -0.384 e. The average molecular weight is 339 g/mol. The van der Waals surface area contributed by atoms with Crippen molar-refractivity contribution in [1.29, 1.82) is 0 Å². The van der Waals surface area contributed by atoms with Crippen LogP contribution in [0, 0.1) is 0 Å². The minimum absolute atomic E-state index is 0.397. The molecule has 0 amide bonds. The maximum absolute atomic E-state index is 4.70. The van der Waals surface area contributed by atoms with Crippen LogP contribution in [-0.4, -0.2) is 16.7 Å². The normalized spacial score (nSPS) is 16.9. The Kier molecular flexibility index (Phi) is 3.75. The van der Waals surface area contributed by atoms with Crippen LogP contribution >= 0.6 is 24.0 Å². The molecular formula is C18H17N3S2. The zero-order valence-electron chi connectivity index (χ0n) is 12.5. The standard InChI is InChI=1S/C18H17N3S2/c1-11-15-16(17(23-18(15)22)14-7-8-20-21-14)13(10-19-11)9-12-5-3-2-4-6-12/h2-8,13,19,22H,1,9-10H2,(H,20,21). The van der Waals surface area contributed by atoms with Crippen molar-refractivity contribution in [2.75, 3.05) is 6.54 Å². The number of thiol groups is 1. The molecule has 2 aromatic heterocycles. The molecule has 1 aliphatic heterocycles. The van der Waals surface area contributed by atoms with E-state index >= 15 is 0 Å². The summed E-state index contributed by atoms with van der Waals surface area (Å²) in [5, 5.41) is 10.6. The van der Waals surface area contributed by atoms with Gasteiger partial charge in [0.25, 0.3) is 0 Å². The van der Waals surface area contributed by atoms with Crippen LogP contribution in [0.3, 0.4) is 0 Å². The average Bonchev–Trinajstić information content (AvgIpc) is 3.19. The summed E-state index contributed by atoms with van der Waals surface area (Å²) in [6.07, 6.45) is 2.79. The van der Waals surface area contributed by atoms with Crippen molar-refractivity contribution in [3.8, 4) is 10.6 Å². The van der Waals surface area contributed by atoms with Gasteiger partial charge in [0, 0.05) is 29.9 Å². The van der Waals surface area contributed by atoms with Crippen molar-refractivity contribution in [3.05, 3.63) is 65.9 Å². The molecule has 1 unspecified atom stereocenters. The Labute approximate surface area is 144 Å². The van der Waals surface area contributed by atoms with Crippen LogP contribution in [0.5, 0.6) is 0 Å². The van der Waals surface area contributed by atoms with Crippen molar-refractivity contribution < 1.29 is 0 Å². The molecule has 4 rings (SSSR count). The fourth-order valence-electron chi connectivity index (χ4n) is 3.20. The second-order valence-electron chi connectivity index (χ2n) is 5.74. The first-order valence-corrected chi connectivity index (χ1v) is 8.83. The summed E-state index contributed by atoms with van der Waals surface area (Å²) in [5.41, 5.74) is 5.88. The summed E-state index contributed by atoms with van der Waals surface area (Å²) in [7, 11) is 0. The van der Waals surface area contributed by atoms with E-state index in [1.54, 1.807) is 17.5 Å². The van der Waals surface area contributed by atoms with Crippen LogP contribution < -0.4 is 5.32 Å². The van der Waals surface area contributed by atoms with Crippen LogP contribution in [0.15, 0.2) is 53.4 Å². The number of rotatable bonds is 3. The third kappa shape index (κ3) is 2.60. The number of aromatic amines is 1. The molecule has 0 bridgehead atoms. The highest BCUT2D eigenvalue weighted by molar-refractivity contribution is 7.83. The van der Waals surface area contributed by atoms with Gasteiger partial charge in [0.1, 0.15) is 0 Å². The fourth-order valence-corrected chi connectivity index (χ4v) is 4.86. The third-order valence-electron chi connectivity index (χ3n) is 4.27. The molecule has 5 heteroatoms. The van der Waals surface area contributed by atoms with Gasteiger partial charge < -0.3 is 5.32 Å². The molecule has 0 fully saturated rings. The molecule has 3 nitrogen and oxygen atoms in total. The van der Waals surface area contributed by atoms with Crippen molar-refractivity contribution >= 4 is 29.7 Å². The summed E-state index contributed by atoms with van der Waals surface area (Å²) in [6.45, 7) is 5.07. The lowest BCUT2D eigenvalue weighted by molar-refractivity contribution is 0.631. The predicted octanol–water partition coefficient (Wildman–Crippen LogP) is 4.33. The number of thiophene rings is 1. The highest BCUT2D eigenvalue weighted by Crippen LogP contribution is 2.46. The lowest BCUT2D eigenvalue weighted by Gasteiger charge is -2.27. The van der Waals surface area contributed by atoms with Crippen LogP contribution in [0.4, 0.5) is 0 Å². The van der Waals surface area contributed by atoms with Crippen LogP contribution in [-0.2, 0) is 6.42 Å². The number of nitrogens with zero attached hydrogens (tertiary/aromatic N) is 1. The molecule has 0 aliphatic carbocycles. The van der Waals surface area contributed by atoms with E-state index in [0.29, 0.717) is 5.92 Å². The number of hydrogen-bond acceptors (Lipinski definition) is 4. The van der Waals surface area contributed by atoms with Gasteiger partial charge in [0.15, 0.2) is 0 Å². The van der Waals surface area contributed by atoms with E-state index in [2.05, 4.69) is 52.4 Å². The van der Waals surface area contributed by atoms with E-state index in [4.69, 9.17) is 12.6 Å². The van der Waals surface area contributed by atoms with Gasteiger partial charge in [-0.3, -0.25) is 5.10 Å². The lowest BCUT2D eigenvalue weighted by Crippen LogP contribution is -2.27. The minimum atomic E-state index is 0.397. The summed E-state index contributed by atoms with van der Waals surface area (Å²) in [4.78, 5) is 1.23. The SMILES string of the molecule is C=C1NCC(Cc2ccccc2)c2c(-c3ccn[nH]3)sc(S)c21. The van der Waals surface area contributed by atoms with Gasteiger partial charge in [-0.25, -0.2) is 0 Å². The Balaban J connectivity index is 1.81. The van der Waals surface area contributed by atoms with E-state index in [1.165, 1.54) is 16.0 Å². The topological polar surface area (TPSA) is 40.7 Å². The van der Waals surface area contributed by atoms with Gasteiger partial charge in [-0.1, -0.05) is 36.9 Å². The third-order valence-corrected chi connectivity index (χ3v) is 5.81. The van der Waals surface area contributed by atoms with Crippen molar-refractivity contribution in [2.24, 2.45) is 0 Å². The van der Waals surface area contributed by atoms with Gasteiger partial charge in [-0.2, -0.15) is 5.10 Å². The summed E-state index contributed by atoms with van der Waals surface area (Å²) >= 11 is 6.40. The molecule has 0 saturated carbocycles. The predicted molar refractivity (Wildman–Crippen MR) is 99.1 cm³/mol. The Morgan fingerprint density at radius 1 is 1.26 bits per heavy atom. The quantitative estimate of drug-likeness (QED) is 0.622. The monoisotopic (exact) mass is 339 g/mol. The summed E-state index contributed by atoms with van der Waals surface area (Å²) < 4.78 is 1.01. The Morgan fingerprint density at radius 2 is 2.09 bits per heavy atom. The molecule has 1 atom stereocenters. The van der Waals surface area contributed by atoms with E-state index in [0.717, 1.165) is 34.1 Å². The Bertz CT molecular complexity index is 835. The van der Waals surface area contributed by atoms with Gasteiger partial charge in [0.05, 0.1) is 14.8 Å². The smallest absolute Gasteiger partial charge is 0.0753 e. The molecule has 23 heavy (non-hydrogen) atoms. The van der Waals surface area contributed by atoms with Gasteiger partial charge in [-0.05, 0) is 23.6 Å². The molecule has 3 aromatic rings. The summed E-state index contributed by atoms with van der Waals surface area (Å²) in [6, 6.07) is 12.6. The molecule has 116 valence electrons. The van der Waals surface area contributed by atoms with E-state index < -0.39 is 0 Å². The van der Waals surface area contributed by atoms with Crippen LogP contribution in [0.1, 0.15) is 22.6 Å². The highest BCUT2D eigenvalue weighted by Gasteiger charge is 2.30. The molecule has 0 radical (unpaired) electrons. The Morgan fingerprint density at radius 3 is 2.83 bits per heavy atom. The number of benzene rings is 1. The first-order valence-electron chi connectivity index (χ1n) is 7.56. The largest absolute Gasteiger partial charge is 0.384 e. The van der Waals surface area contributed by atoms with E-state index in [-0.39, 0.29) is 0 Å². The maximum atomic E-state index is 4.70. The number of nitrogens with one attached hydrogen (secondary N) is 2. The fraction of sp³-hybridized carbons (Fsp3) is 0.167. The number of H-pyrrole nitrogens is 1. The lowest BCUT2D eigenvalue weighted by atomic mass is 9.85. The van der Waals surface area contributed by atoms with E-state index in [9.17, 15) is 0 Å². The molecule has 1 aliphatic rings. The van der Waals surface area contributed by atoms with Crippen molar-refractivity contribution in [3.63, 3.8) is 0 Å². The van der Waals surface area contributed by atoms with Crippen molar-refractivity contribution in [2.45, 2.75) is 16.5 Å². The first-order chi connectivity index (χ1) is 11.2. The second-order valence-corrected chi connectivity index (χ2v) is 7.51. The van der Waals surface area contributed by atoms with Crippen LogP contribution in [0.2, 0.25) is 0 Å². The van der Waals surface area contributed by atoms with Gasteiger partial charge in [0.2, 0.25) is 0 Å². The van der Waals surface area contributed by atoms with Gasteiger partial charge >= 0.3 is 0 Å². The summed E-state index contributed by atoms with van der Waals surface area (Å²) in [5.74, 6) is 0.397. The zero-order valence-corrected chi connectivity index (χ0v) is 14.3. The molecule has 2 N–H and O–H groups in total. The zero-order chi connectivity index (χ0) is 15.8. The van der Waals surface area contributed by atoms with Gasteiger partial charge in [-0.15, -0.1) is 24.0 Å². The molecular weight excluding hydrogens is 322 g/mol.